The van der Waals surface area contributed by atoms with Gasteiger partial charge in [0.1, 0.15) is 17.5 Å². The summed E-state index contributed by atoms with van der Waals surface area (Å²) in [6.07, 6.45) is 0. The molecule has 3 atom stereocenters. The molecule has 32 heavy (non-hydrogen) atoms. The molecule has 11 heteroatoms. The molecule has 0 amide bonds. The van der Waals surface area contributed by atoms with E-state index in [1.54, 1.807) is 13.0 Å². The van der Waals surface area contributed by atoms with Crippen molar-refractivity contribution in [1.82, 2.24) is 4.90 Å². The van der Waals surface area contributed by atoms with Gasteiger partial charge in [0.15, 0.2) is 11.5 Å². The van der Waals surface area contributed by atoms with Crippen LogP contribution in [0.2, 0.25) is 0 Å². The Hall–Kier alpha value is -2.79. The van der Waals surface area contributed by atoms with Gasteiger partial charge >= 0.3 is 11.8 Å². The summed E-state index contributed by atoms with van der Waals surface area (Å²) in [6, 6.07) is 2.86. The quantitative estimate of drug-likeness (QED) is 0.678. The Balaban J connectivity index is 1.37. The van der Waals surface area contributed by atoms with Crippen LogP contribution in [0.5, 0.6) is 0 Å². The van der Waals surface area contributed by atoms with Crippen LogP contribution in [0.25, 0.3) is 0 Å². The van der Waals surface area contributed by atoms with Crippen molar-refractivity contribution in [1.29, 1.82) is 0 Å². The molecule has 9 nitrogen and oxygen atoms in total. The minimum Gasteiger partial charge on any atom is -0.481 e. The highest BCUT2D eigenvalue weighted by Gasteiger charge is 2.53. The number of piperazine rings is 1. The van der Waals surface area contributed by atoms with Crippen LogP contribution in [-0.4, -0.2) is 58.7 Å². The number of ketones is 1. The summed E-state index contributed by atoms with van der Waals surface area (Å²) in [5, 5.41) is 9.07. The number of aliphatic carboxylic acids is 1. The molecule has 2 saturated heterocycles. The van der Waals surface area contributed by atoms with E-state index in [1.165, 1.54) is 17.8 Å². The summed E-state index contributed by atoms with van der Waals surface area (Å²) in [5.41, 5.74) is 1.13. The standard InChI is InChI=1S/C21H22FN3O6S/c1-10-16(31-21(29)30-10)9-23-3-5-24(6-4-23)15-8-14-12(7-13(15)22)18(26)17(20(27)28)19-25(14)11(2)32-19/h7-8,11,17,19H,3-6,9H2,1-2H3,(H,27,28)/t11-,17+,19+/m1/s1. The molecule has 0 aliphatic carbocycles. The summed E-state index contributed by atoms with van der Waals surface area (Å²) in [6.45, 7) is 6.42. The Labute approximate surface area is 186 Å². The van der Waals surface area contributed by atoms with E-state index in [-0.39, 0.29) is 10.9 Å². The van der Waals surface area contributed by atoms with Crippen molar-refractivity contribution in [3.8, 4) is 0 Å². The lowest BCUT2D eigenvalue weighted by molar-refractivity contribution is -0.140. The molecule has 1 N–H and O–H groups in total. The average molecular weight is 463 g/mol. The highest BCUT2D eigenvalue weighted by atomic mass is 32.2. The highest BCUT2D eigenvalue weighted by molar-refractivity contribution is 8.02. The number of benzene rings is 1. The van der Waals surface area contributed by atoms with Gasteiger partial charge in [-0.3, -0.25) is 14.5 Å². The average Bonchev–Trinajstić information content (AvgIpc) is 3.05. The molecule has 2 aromatic rings. The topological polar surface area (TPSA) is 107 Å². The zero-order valence-corrected chi connectivity index (χ0v) is 18.4. The van der Waals surface area contributed by atoms with E-state index in [1.807, 2.05) is 16.7 Å². The lowest BCUT2D eigenvalue weighted by Crippen LogP contribution is -2.60. The van der Waals surface area contributed by atoms with E-state index in [0.29, 0.717) is 55.6 Å². The second kappa shape index (κ2) is 7.66. The van der Waals surface area contributed by atoms with Gasteiger partial charge in [0.25, 0.3) is 0 Å². The van der Waals surface area contributed by atoms with Gasteiger partial charge < -0.3 is 23.7 Å². The number of hydrogen-bond donors (Lipinski definition) is 1. The van der Waals surface area contributed by atoms with Crippen LogP contribution >= 0.6 is 11.8 Å². The second-order valence-corrected chi connectivity index (χ2v) is 9.67. The SMILES string of the molecule is Cc1oc(=O)oc1CN1CCN(c2cc3c(cc2F)C(=O)[C@H](C(=O)O)[C@@H]2S[C@H](C)N32)CC1. The van der Waals surface area contributed by atoms with Gasteiger partial charge in [-0.1, -0.05) is 0 Å². The number of thioether (sulfide) groups is 1. The monoisotopic (exact) mass is 463 g/mol. The number of hydrogen-bond acceptors (Lipinski definition) is 9. The van der Waals surface area contributed by atoms with Crippen LogP contribution in [0.15, 0.2) is 25.8 Å². The van der Waals surface area contributed by atoms with E-state index in [9.17, 15) is 19.5 Å². The van der Waals surface area contributed by atoms with E-state index in [2.05, 4.69) is 4.90 Å². The van der Waals surface area contributed by atoms with Crippen molar-refractivity contribution in [2.75, 3.05) is 36.0 Å². The van der Waals surface area contributed by atoms with Crippen molar-refractivity contribution in [3.63, 3.8) is 0 Å². The van der Waals surface area contributed by atoms with Crippen LogP contribution in [0.3, 0.4) is 0 Å². The second-order valence-electron chi connectivity index (χ2n) is 8.23. The first-order valence-corrected chi connectivity index (χ1v) is 11.3. The first-order valence-electron chi connectivity index (χ1n) is 10.4. The summed E-state index contributed by atoms with van der Waals surface area (Å²) in [7, 11) is 0. The fraction of sp³-hybridized carbons (Fsp3) is 0.476. The van der Waals surface area contributed by atoms with Gasteiger partial charge in [0, 0.05) is 31.7 Å². The highest BCUT2D eigenvalue weighted by Crippen LogP contribution is 2.51. The Morgan fingerprint density at radius 1 is 1.19 bits per heavy atom. The number of carbonyl (C=O) groups is 2. The third kappa shape index (κ3) is 3.30. The fourth-order valence-corrected chi connectivity index (χ4v) is 6.06. The summed E-state index contributed by atoms with van der Waals surface area (Å²) in [5.74, 6) is -3.22. The molecule has 0 bridgehead atoms. The van der Waals surface area contributed by atoms with Crippen LogP contribution in [0.1, 0.15) is 28.8 Å². The number of halogens is 1. The maximum absolute atomic E-state index is 15.1. The number of carboxylic acid groups (broad SMARTS) is 1. The fourth-order valence-electron chi connectivity index (χ4n) is 4.65. The lowest BCUT2D eigenvalue weighted by Gasteiger charge is -2.53. The van der Waals surface area contributed by atoms with Gasteiger partial charge in [-0.2, -0.15) is 0 Å². The van der Waals surface area contributed by atoms with Gasteiger partial charge in [-0.15, -0.1) is 11.8 Å². The summed E-state index contributed by atoms with van der Waals surface area (Å²) >= 11 is 1.44. The van der Waals surface area contributed by atoms with E-state index in [4.69, 9.17) is 8.83 Å². The number of aryl methyl sites for hydroxylation is 1. The summed E-state index contributed by atoms with van der Waals surface area (Å²) < 4.78 is 25.0. The number of rotatable bonds is 4. The maximum atomic E-state index is 15.1. The lowest BCUT2D eigenvalue weighted by atomic mass is 9.89. The molecule has 1 aromatic heterocycles. The minimum absolute atomic E-state index is 0.0108. The summed E-state index contributed by atoms with van der Waals surface area (Å²) in [4.78, 5) is 41.6. The van der Waals surface area contributed by atoms with Crippen molar-refractivity contribution >= 4 is 34.9 Å². The number of nitrogens with zero attached hydrogens (tertiary/aromatic N) is 3. The van der Waals surface area contributed by atoms with Crippen LogP contribution in [0, 0.1) is 18.7 Å². The van der Waals surface area contributed by atoms with Crippen LogP contribution < -0.4 is 15.6 Å². The van der Waals surface area contributed by atoms with Crippen molar-refractivity contribution in [2.45, 2.75) is 31.1 Å². The molecule has 170 valence electrons. The normalized spacial score (nSPS) is 25.3. The molecule has 4 heterocycles. The number of carbonyl (C=O) groups excluding carboxylic acids is 1. The van der Waals surface area contributed by atoms with Crippen molar-refractivity contribution in [2.24, 2.45) is 5.92 Å². The van der Waals surface area contributed by atoms with E-state index >= 15 is 4.39 Å². The number of carboxylic acids is 1. The molecule has 5 rings (SSSR count). The Kier molecular flexibility index (Phi) is 5.05. The number of fused-ring (bicyclic) bond motifs is 3. The molecule has 3 aliphatic heterocycles. The zero-order valence-electron chi connectivity index (χ0n) is 17.5. The van der Waals surface area contributed by atoms with Gasteiger partial charge in [-0.25, -0.2) is 9.18 Å². The molecule has 0 saturated carbocycles. The van der Waals surface area contributed by atoms with E-state index < -0.39 is 34.7 Å². The van der Waals surface area contributed by atoms with Gasteiger partial charge in [0.2, 0.25) is 0 Å². The zero-order chi connectivity index (χ0) is 22.7. The molecular formula is C21H22FN3O6S. The van der Waals surface area contributed by atoms with Crippen LogP contribution in [0.4, 0.5) is 15.8 Å². The van der Waals surface area contributed by atoms with Crippen molar-refractivity contribution < 1.29 is 27.9 Å². The van der Waals surface area contributed by atoms with E-state index in [0.717, 1.165) is 0 Å². The molecule has 1 aromatic carbocycles. The number of anilines is 2. The molecule has 3 aliphatic rings. The molecule has 0 spiro atoms. The Morgan fingerprint density at radius 3 is 2.50 bits per heavy atom. The number of Topliss-reactive ketones (excluding diaryl/α,β-unsaturated/α-hetero) is 1. The molecule has 2 fully saturated rings. The van der Waals surface area contributed by atoms with Gasteiger partial charge in [0.05, 0.1) is 28.7 Å². The maximum Gasteiger partial charge on any atom is 0.519 e. The Bertz CT molecular complexity index is 1150. The molecule has 0 radical (unpaired) electrons. The predicted octanol–water partition coefficient (Wildman–Crippen LogP) is 2.12. The minimum atomic E-state index is -1.19. The third-order valence-electron chi connectivity index (χ3n) is 6.36. The molecule has 0 unspecified atom stereocenters. The smallest absolute Gasteiger partial charge is 0.481 e. The van der Waals surface area contributed by atoms with Crippen molar-refractivity contribution in [3.05, 3.63) is 45.7 Å². The third-order valence-corrected chi connectivity index (χ3v) is 7.76. The largest absolute Gasteiger partial charge is 0.519 e. The molecular weight excluding hydrogens is 441 g/mol. The van der Waals surface area contributed by atoms with Crippen LogP contribution in [-0.2, 0) is 11.3 Å². The van der Waals surface area contributed by atoms with Gasteiger partial charge in [-0.05, 0) is 26.0 Å². The first-order chi connectivity index (χ1) is 15.2. The Morgan fingerprint density at radius 2 is 1.91 bits per heavy atom. The predicted molar refractivity (Wildman–Crippen MR) is 115 cm³/mol. The first kappa shape index (κ1) is 21.1.